The lowest BCUT2D eigenvalue weighted by molar-refractivity contribution is 0.0620. The van der Waals surface area contributed by atoms with Gasteiger partial charge in [-0.05, 0) is 37.0 Å². The highest BCUT2D eigenvalue weighted by Gasteiger charge is 2.24. The van der Waals surface area contributed by atoms with Crippen LogP contribution < -0.4 is 10.2 Å². The lowest BCUT2D eigenvalue weighted by Crippen LogP contribution is -2.37. The molecule has 1 aromatic carbocycles. The molecular formula is C24H26N6O4S. The molecule has 0 unspecified atom stereocenters. The first-order valence-corrected chi connectivity index (χ1v) is 12.8. The first kappa shape index (κ1) is 23.3. The van der Waals surface area contributed by atoms with Crippen molar-refractivity contribution >= 4 is 37.7 Å². The molecule has 4 aromatic rings. The Kier molecular flexibility index (Phi) is 6.22. The fourth-order valence-electron chi connectivity index (χ4n) is 4.28. The van der Waals surface area contributed by atoms with Crippen molar-refractivity contribution < 1.29 is 13.2 Å². The largest absolute Gasteiger partial charge is 0.381 e. The number of aryl methyl sites for hydroxylation is 1. The highest BCUT2D eigenvalue weighted by atomic mass is 32.2. The van der Waals surface area contributed by atoms with E-state index in [9.17, 15) is 13.2 Å². The first-order valence-electron chi connectivity index (χ1n) is 11.3. The number of anilines is 1. The fourth-order valence-corrected chi connectivity index (χ4v) is 5.22. The number of hydrogen-bond acceptors (Lipinski definition) is 7. The van der Waals surface area contributed by atoms with E-state index in [2.05, 4.69) is 19.8 Å². The number of rotatable bonds is 6. The lowest BCUT2D eigenvalue weighted by Gasteiger charge is -2.26. The Labute approximate surface area is 202 Å². The molecule has 0 saturated carbocycles. The number of ether oxygens (including phenoxy) is 1. The van der Waals surface area contributed by atoms with Crippen LogP contribution in [0.5, 0.6) is 0 Å². The maximum Gasteiger partial charge on any atom is 0.302 e. The topological polar surface area (TPSA) is 119 Å². The summed E-state index contributed by atoms with van der Waals surface area (Å²) in [6.07, 6.45) is 8.41. The predicted octanol–water partition coefficient (Wildman–Crippen LogP) is 2.56. The Morgan fingerprint density at radius 1 is 1.09 bits per heavy atom. The molecule has 182 valence electrons. The molecule has 4 heterocycles. The Bertz CT molecular complexity index is 1560. The minimum Gasteiger partial charge on any atom is -0.381 e. The summed E-state index contributed by atoms with van der Waals surface area (Å²) < 4.78 is 36.7. The Balaban J connectivity index is 1.50. The molecule has 1 fully saturated rings. The maximum atomic E-state index is 13.5. The summed E-state index contributed by atoms with van der Waals surface area (Å²) in [4.78, 5) is 22.2. The van der Waals surface area contributed by atoms with Crippen LogP contribution in [0.2, 0.25) is 0 Å². The number of hydrogen-bond donors (Lipinski definition) is 1. The van der Waals surface area contributed by atoms with E-state index in [0.29, 0.717) is 41.4 Å². The van der Waals surface area contributed by atoms with Crippen LogP contribution in [0.25, 0.3) is 32.8 Å². The van der Waals surface area contributed by atoms with Crippen molar-refractivity contribution in [3.05, 3.63) is 59.3 Å². The lowest BCUT2D eigenvalue weighted by atomic mass is 10.0. The van der Waals surface area contributed by atoms with Crippen LogP contribution in [0.1, 0.15) is 12.8 Å². The van der Waals surface area contributed by atoms with Crippen LogP contribution in [0.4, 0.5) is 5.82 Å². The minimum absolute atomic E-state index is 0.0872. The van der Waals surface area contributed by atoms with Gasteiger partial charge in [-0.1, -0.05) is 6.07 Å². The van der Waals surface area contributed by atoms with Gasteiger partial charge in [-0.2, -0.15) is 17.8 Å². The van der Waals surface area contributed by atoms with Crippen LogP contribution in [0, 0.1) is 5.92 Å². The fraction of sp³-hybridized carbons (Fsp3) is 0.333. The Hall–Kier alpha value is -3.41. The second-order valence-electron chi connectivity index (χ2n) is 8.82. The summed E-state index contributed by atoms with van der Waals surface area (Å²) in [5, 5.41) is 5.55. The summed E-state index contributed by atoms with van der Waals surface area (Å²) in [5.41, 5.74) is 1.90. The van der Waals surface area contributed by atoms with Crippen molar-refractivity contribution in [3.8, 4) is 11.1 Å². The molecule has 10 nitrogen and oxygen atoms in total. The average molecular weight is 495 g/mol. The molecule has 0 aliphatic carbocycles. The van der Waals surface area contributed by atoms with Gasteiger partial charge in [0.1, 0.15) is 5.82 Å². The molecule has 0 spiro atoms. The molecule has 0 amide bonds. The van der Waals surface area contributed by atoms with E-state index >= 15 is 0 Å². The summed E-state index contributed by atoms with van der Waals surface area (Å²) >= 11 is 0. The Morgan fingerprint density at radius 3 is 2.63 bits per heavy atom. The van der Waals surface area contributed by atoms with Crippen molar-refractivity contribution in [1.82, 2.24) is 24.1 Å². The van der Waals surface area contributed by atoms with Crippen molar-refractivity contribution in [1.29, 1.82) is 0 Å². The van der Waals surface area contributed by atoms with Crippen LogP contribution >= 0.6 is 0 Å². The van der Waals surface area contributed by atoms with Gasteiger partial charge in [0.15, 0.2) is 5.43 Å². The molecule has 1 N–H and O–H groups in total. The molecular weight excluding hydrogens is 468 g/mol. The van der Waals surface area contributed by atoms with Crippen molar-refractivity contribution in [3.63, 3.8) is 0 Å². The van der Waals surface area contributed by atoms with Gasteiger partial charge in [-0.3, -0.25) is 19.2 Å². The standard InChI is InChI=1S/C24H26N6O4S/c1-29-15-19(13-27-29)18-9-21-22(25-12-18)4-3-17-11-26-23(10-20(17)24(21)31)28-35(32,33)30(2)14-16-5-7-34-8-6-16/h3-4,9-13,15-16H,5-8,14H2,1-2H3,(H,26,28). The van der Waals surface area contributed by atoms with Gasteiger partial charge in [-0.25, -0.2) is 4.98 Å². The van der Waals surface area contributed by atoms with Crippen molar-refractivity contribution in [2.45, 2.75) is 12.8 Å². The van der Waals surface area contributed by atoms with E-state index in [1.807, 2.05) is 13.2 Å². The molecule has 1 saturated heterocycles. The predicted molar refractivity (Wildman–Crippen MR) is 134 cm³/mol. The highest BCUT2D eigenvalue weighted by molar-refractivity contribution is 7.90. The van der Waals surface area contributed by atoms with E-state index in [1.54, 1.807) is 35.3 Å². The second kappa shape index (κ2) is 9.33. The summed E-state index contributed by atoms with van der Waals surface area (Å²) in [6, 6.07) is 6.79. The van der Waals surface area contributed by atoms with Crippen LogP contribution in [0.15, 0.2) is 53.8 Å². The summed E-state index contributed by atoms with van der Waals surface area (Å²) in [5.74, 6) is 0.333. The van der Waals surface area contributed by atoms with Gasteiger partial charge >= 0.3 is 10.2 Å². The number of fused-ring (bicyclic) bond motifs is 2. The molecule has 0 radical (unpaired) electrons. The van der Waals surface area contributed by atoms with Gasteiger partial charge in [-0.15, -0.1) is 0 Å². The van der Waals surface area contributed by atoms with E-state index in [4.69, 9.17) is 4.74 Å². The second-order valence-corrected chi connectivity index (χ2v) is 10.6. The monoisotopic (exact) mass is 494 g/mol. The van der Waals surface area contributed by atoms with E-state index in [-0.39, 0.29) is 17.2 Å². The third kappa shape index (κ3) is 4.88. The average Bonchev–Trinajstić information content (AvgIpc) is 3.23. The first-order chi connectivity index (χ1) is 16.8. The normalized spacial score (nSPS) is 15.2. The van der Waals surface area contributed by atoms with E-state index in [0.717, 1.165) is 24.0 Å². The minimum atomic E-state index is -3.84. The van der Waals surface area contributed by atoms with E-state index in [1.165, 1.54) is 23.6 Å². The zero-order valence-corrected chi connectivity index (χ0v) is 20.3. The molecule has 3 aromatic heterocycles. The quantitative estimate of drug-likeness (QED) is 0.437. The number of nitrogens with one attached hydrogen (secondary N) is 1. The van der Waals surface area contributed by atoms with Crippen LogP contribution in [-0.2, 0) is 22.0 Å². The van der Waals surface area contributed by atoms with Crippen molar-refractivity contribution in [2.75, 3.05) is 31.5 Å². The number of pyridine rings is 2. The summed E-state index contributed by atoms with van der Waals surface area (Å²) in [7, 11) is -0.478. The molecule has 0 atom stereocenters. The molecule has 5 rings (SSSR count). The zero-order chi connectivity index (χ0) is 24.6. The van der Waals surface area contributed by atoms with Crippen molar-refractivity contribution in [2.24, 2.45) is 13.0 Å². The van der Waals surface area contributed by atoms with Crippen LogP contribution in [-0.4, -0.2) is 59.3 Å². The summed E-state index contributed by atoms with van der Waals surface area (Å²) in [6.45, 7) is 1.68. The number of aromatic nitrogens is 4. The van der Waals surface area contributed by atoms with E-state index < -0.39 is 10.2 Å². The molecule has 0 bridgehead atoms. The van der Waals surface area contributed by atoms with Gasteiger partial charge < -0.3 is 4.74 Å². The third-order valence-corrected chi connectivity index (χ3v) is 7.74. The molecule has 35 heavy (non-hydrogen) atoms. The molecule has 1 aliphatic rings. The maximum absolute atomic E-state index is 13.5. The van der Waals surface area contributed by atoms with Gasteiger partial charge in [0.2, 0.25) is 0 Å². The van der Waals surface area contributed by atoms with Crippen LogP contribution in [0.3, 0.4) is 0 Å². The van der Waals surface area contributed by atoms with Gasteiger partial charge in [0, 0.05) is 79.7 Å². The Morgan fingerprint density at radius 2 is 1.89 bits per heavy atom. The zero-order valence-electron chi connectivity index (χ0n) is 19.5. The highest BCUT2D eigenvalue weighted by Crippen LogP contribution is 2.23. The SMILES string of the molecule is CN(CC1CCOCC1)S(=O)(=O)Nc1cc2c(=O)c3cc(-c4cnn(C)c4)cnc3ccc2cn1. The third-order valence-electron chi connectivity index (χ3n) is 6.30. The molecule has 1 aliphatic heterocycles. The smallest absolute Gasteiger partial charge is 0.302 e. The molecule has 11 heteroatoms. The number of nitrogens with zero attached hydrogens (tertiary/aromatic N) is 5. The van der Waals surface area contributed by atoms with Gasteiger partial charge in [0.05, 0.1) is 11.7 Å². The van der Waals surface area contributed by atoms with Gasteiger partial charge in [0.25, 0.3) is 0 Å².